The van der Waals surface area contributed by atoms with Crippen LogP contribution in [0, 0.1) is 0 Å². The number of hydrogen-bond acceptors (Lipinski definition) is 4. The third kappa shape index (κ3) is 4.93. The van der Waals surface area contributed by atoms with Gasteiger partial charge in [-0.2, -0.15) is 0 Å². The second-order valence-corrected chi connectivity index (χ2v) is 4.73. The van der Waals surface area contributed by atoms with Gasteiger partial charge in [-0.1, -0.05) is 6.92 Å². The minimum absolute atomic E-state index is 0.706. The van der Waals surface area contributed by atoms with Crippen molar-refractivity contribution in [1.29, 1.82) is 0 Å². The van der Waals surface area contributed by atoms with Crippen LogP contribution < -0.4 is 19.5 Å². The van der Waals surface area contributed by atoms with Crippen LogP contribution in [0.25, 0.3) is 0 Å². The van der Waals surface area contributed by atoms with E-state index in [1.807, 2.05) is 12.1 Å². The molecule has 0 aliphatic carbocycles. The number of ether oxygens (including phenoxy) is 3. The standard InChI is InChI=1S/C16H27NO3/c1-5-9-17-10-7-6-8-13-11-15(19-3)16(20-4)12-14(13)18-2/h11-12,17H,5-10H2,1-4H3. The first-order valence-corrected chi connectivity index (χ1v) is 7.26. The zero-order valence-electron chi connectivity index (χ0n) is 13.1. The number of aryl methyl sites for hydroxylation is 1. The number of rotatable bonds is 10. The van der Waals surface area contributed by atoms with E-state index < -0.39 is 0 Å². The number of unbranched alkanes of at least 4 members (excludes halogenated alkanes) is 1. The Labute approximate surface area is 122 Å². The molecule has 0 amide bonds. The molecule has 0 aromatic heterocycles. The van der Waals surface area contributed by atoms with Crippen molar-refractivity contribution in [2.45, 2.75) is 32.6 Å². The van der Waals surface area contributed by atoms with Gasteiger partial charge in [0.1, 0.15) is 5.75 Å². The van der Waals surface area contributed by atoms with Crippen LogP contribution in [-0.2, 0) is 6.42 Å². The Morgan fingerprint density at radius 1 is 0.850 bits per heavy atom. The van der Waals surface area contributed by atoms with E-state index >= 15 is 0 Å². The molecular formula is C16H27NO3. The molecule has 0 aliphatic heterocycles. The van der Waals surface area contributed by atoms with Crippen LogP contribution >= 0.6 is 0 Å². The first kappa shape index (κ1) is 16.6. The van der Waals surface area contributed by atoms with Crippen LogP contribution in [0.3, 0.4) is 0 Å². The molecule has 1 N–H and O–H groups in total. The highest BCUT2D eigenvalue weighted by Gasteiger charge is 2.11. The summed E-state index contributed by atoms with van der Waals surface area (Å²) in [5.74, 6) is 2.33. The summed E-state index contributed by atoms with van der Waals surface area (Å²) in [6, 6.07) is 3.90. The highest BCUT2D eigenvalue weighted by atomic mass is 16.5. The van der Waals surface area contributed by atoms with Crippen molar-refractivity contribution in [2.75, 3.05) is 34.4 Å². The van der Waals surface area contributed by atoms with Crippen LogP contribution in [0.15, 0.2) is 12.1 Å². The fourth-order valence-electron chi connectivity index (χ4n) is 2.16. The molecule has 1 aromatic carbocycles. The normalized spacial score (nSPS) is 10.4. The molecule has 20 heavy (non-hydrogen) atoms. The van der Waals surface area contributed by atoms with Crippen LogP contribution in [-0.4, -0.2) is 34.4 Å². The smallest absolute Gasteiger partial charge is 0.164 e. The van der Waals surface area contributed by atoms with Gasteiger partial charge in [-0.05, 0) is 50.4 Å². The van der Waals surface area contributed by atoms with Gasteiger partial charge in [-0.3, -0.25) is 0 Å². The van der Waals surface area contributed by atoms with Gasteiger partial charge < -0.3 is 19.5 Å². The molecule has 0 saturated heterocycles. The maximum atomic E-state index is 5.43. The topological polar surface area (TPSA) is 39.7 Å². The average molecular weight is 281 g/mol. The lowest BCUT2D eigenvalue weighted by atomic mass is 10.1. The zero-order chi connectivity index (χ0) is 14.8. The Morgan fingerprint density at radius 3 is 2.10 bits per heavy atom. The molecule has 0 atom stereocenters. The molecule has 0 bridgehead atoms. The monoisotopic (exact) mass is 281 g/mol. The number of hydrogen-bond donors (Lipinski definition) is 1. The third-order valence-corrected chi connectivity index (χ3v) is 3.26. The van der Waals surface area contributed by atoms with E-state index in [2.05, 4.69) is 12.2 Å². The van der Waals surface area contributed by atoms with Gasteiger partial charge in [-0.15, -0.1) is 0 Å². The first-order valence-electron chi connectivity index (χ1n) is 7.26. The van der Waals surface area contributed by atoms with Crippen molar-refractivity contribution in [2.24, 2.45) is 0 Å². The number of nitrogens with one attached hydrogen (secondary N) is 1. The predicted molar refractivity (Wildman–Crippen MR) is 82.2 cm³/mol. The third-order valence-electron chi connectivity index (χ3n) is 3.26. The van der Waals surface area contributed by atoms with Gasteiger partial charge in [-0.25, -0.2) is 0 Å². The Kier molecular flexibility index (Phi) is 7.88. The fourth-order valence-corrected chi connectivity index (χ4v) is 2.16. The first-order chi connectivity index (χ1) is 9.76. The molecule has 0 aliphatic rings. The average Bonchev–Trinajstić information content (AvgIpc) is 2.49. The summed E-state index contributed by atoms with van der Waals surface area (Å²) in [6.07, 6.45) is 4.46. The van der Waals surface area contributed by atoms with Gasteiger partial charge in [0.25, 0.3) is 0 Å². The quantitative estimate of drug-likeness (QED) is 0.669. The summed E-state index contributed by atoms with van der Waals surface area (Å²) in [6.45, 7) is 4.35. The molecule has 0 radical (unpaired) electrons. The zero-order valence-corrected chi connectivity index (χ0v) is 13.1. The van der Waals surface area contributed by atoms with Gasteiger partial charge >= 0.3 is 0 Å². The highest BCUT2D eigenvalue weighted by molar-refractivity contribution is 5.50. The summed E-state index contributed by atoms with van der Waals surface area (Å²) in [5, 5.41) is 3.41. The molecule has 0 saturated carbocycles. The van der Waals surface area contributed by atoms with E-state index in [1.54, 1.807) is 21.3 Å². The summed E-state index contributed by atoms with van der Waals surface area (Å²) in [4.78, 5) is 0. The van der Waals surface area contributed by atoms with Crippen LogP contribution in [0.5, 0.6) is 17.2 Å². The molecule has 0 heterocycles. The lowest BCUT2D eigenvalue weighted by Crippen LogP contribution is -2.15. The fraction of sp³-hybridized carbons (Fsp3) is 0.625. The lowest BCUT2D eigenvalue weighted by molar-refractivity contribution is 0.347. The maximum absolute atomic E-state index is 5.43. The van der Waals surface area contributed by atoms with Crippen molar-refractivity contribution in [3.8, 4) is 17.2 Å². The molecule has 0 unspecified atom stereocenters. The van der Waals surface area contributed by atoms with E-state index in [0.717, 1.165) is 43.9 Å². The molecule has 1 aromatic rings. The highest BCUT2D eigenvalue weighted by Crippen LogP contribution is 2.35. The molecule has 114 valence electrons. The summed E-state index contributed by atoms with van der Waals surface area (Å²) >= 11 is 0. The van der Waals surface area contributed by atoms with Gasteiger partial charge in [0, 0.05) is 6.07 Å². The van der Waals surface area contributed by atoms with E-state index in [1.165, 1.54) is 12.0 Å². The molecule has 0 fully saturated rings. The molecule has 4 heteroatoms. The maximum Gasteiger partial charge on any atom is 0.164 e. The van der Waals surface area contributed by atoms with Crippen molar-refractivity contribution in [1.82, 2.24) is 5.32 Å². The van der Waals surface area contributed by atoms with Gasteiger partial charge in [0.2, 0.25) is 0 Å². The second-order valence-electron chi connectivity index (χ2n) is 4.73. The van der Waals surface area contributed by atoms with E-state index in [4.69, 9.17) is 14.2 Å². The summed E-state index contributed by atoms with van der Waals surface area (Å²) in [5.41, 5.74) is 1.17. The second kappa shape index (κ2) is 9.48. The molecular weight excluding hydrogens is 254 g/mol. The Hall–Kier alpha value is -1.42. The van der Waals surface area contributed by atoms with Crippen LogP contribution in [0.2, 0.25) is 0 Å². The minimum Gasteiger partial charge on any atom is -0.496 e. The van der Waals surface area contributed by atoms with E-state index in [-0.39, 0.29) is 0 Å². The summed E-state index contributed by atoms with van der Waals surface area (Å²) < 4.78 is 16.1. The van der Waals surface area contributed by atoms with Gasteiger partial charge in [0.15, 0.2) is 11.5 Å². The van der Waals surface area contributed by atoms with Gasteiger partial charge in [0.05, 0.1) is 21.3 Å². The lowest BCUT2D eigenvalue weighted by Gasteiger charge is -2.14. The Bertz CT molecular complexity index is 394. The summed E-state index contributed by atoms with van der Waals surface area (Å²) in [7, 11) is 4.98. The van der Waals surface area contributed by atoms with Crippen molar-refractivity contribution >= 4 is 0 Å². The molecule has 0 spiro atoms. The van der Waals surface area contributed by atoms with Crippen LogP contribution in [0.1, 0.15) is 31.7 Å². The van der Waals surface area contributed by atoms with Crippen molar-refractivity contribution < 1.29 is 14.2 Å². The minimum atomic E-state index is 0.706. The van der Waals surface area contributed by atoms with E-state index in [9.17, 15) is 0 Å². The Morgan fingerprint density at radius 2 is 1.50 bits per heavy atom. The molecule has 1 rings (SSSR count). The number of benzene rings is 1. The number of methoxy groups -OCH3 is 3. The van der Waals surface area contributed by atoms with E-state index in [0.29, 0.717) is 5.75 Å². The Balaban J connectivity index is 2.59. The van der Waals surface area contributed by atoms with Crippen LogP contribution in [0.4, 0.5) is 0 Å². The predicted octanol–water partition coefficient (Wildman–Crippen LogP) is 3.03. The van der Waals surface area contributed by atoms with Crippen molar-refractivity contribution in [3.63, 3.8) is 0 Å². The van der Waals surface area contributed by atoms with Crippen molar-refractivity contribution in [3.05, 3.63) is 17.7 Å². The largest absolute Gasteiger partial charge is 0.496 e. The molecule has 4 nitrogen and oxygen atoms in total. The SMILES string of the molecule is CCCNCCCCc1cc(OC)c(OC)cc1OC.